The molecule has 26 heavy (non-hydrogen) atoms. The van der Waals surface area contributed by atoms with Gasteiger partial charge in [-0.3, -0.25) is 0 Å². The molecular weight excluding hydrogens is 328 g/mol. The third-order valence-electron chi connectivity index (χ3n) is 4.39. The van der Waals surface area contributed by atoms with E-state index >= 15 is 0 Å². The Morgan fingerprint density at radius 2 is 1.65 bits per heavy atom. The van der Waals surface area contributed by atoms with Crippen molar-refractivity contribution in [1.29, 1.82) is 0 Å². The van der Waals surface area contributed by atoms with Gasteiger partial charge in [0.1, 0.15) is 0 Å². The maximum absolute atomic E-state index is 12.1. The van der Waals surface area contributed by atoms with E-state index in [-0.39, 0.29) is 11.4 Å². The topological polar surface area (TPSA) is 59.6 Å². The first-order valence-electron chi connectivity index (χ1n) is 8.74. The maximum atomic E-state index is 12.1. The fraction of sp³-hybridized carbons (Fsp3) is 0.381. The molecule has 0 unspecified atom stereocenters. The van der Waals surface area contributed by atoms with Gasteiger partial charge in [-0.15, -0.1) is 0 Å². The number of rotatable bonds is 8. The first kappa shape index (κ1) is 19.6. The number of amides is 2. The minimum Gasteiger partial charge on any atom is -0.493 e. The van der Waals surface area contributed by atoms with Crippen LogP contribution in [0.4, 0.5) is 4.79 Å². The molecule has 0 atom stereocenters. The maximum Gasteiger partial charge on any atom is 0.314 e. The number of hydrogen-bond donors (Lipinski definition) is 2. The molecule has 0 aliphatic rings. The minimum atomic E-state index is -0.158. The van der Waals surface area contributed by atoms with Gasteiger partial charge in [-0.2, -0.15) is 0 Å². The summed E-state index contributed by atoms with van der Waals surface area (Å²) in [4.78, 5) is 12.1. The number of nitrogens with one attached hydrogen (secondary N) is 2. The number of urea groups is 1. The van der Waals surface area contributed by atoms with Gasteiger partial charge in [-0.1, -0.05) is 50.2 Å². The van der Waals surface area contributed by atoms with E-state index in [0.717, 1.165) is 12.0 Å². The predicted octanol–water partition coefficient (Wildman–Crippen LogP) is 3.52. The normalized spacial score (nSPS) is 10.9. The Kier molecular flexibility index (Phi) is 6.89. The molecule has 0 fully saturated rings. The lowest BCUT2D eigenvalue weighted by Crippen LogP contribution is -2.42. The van der Waals surface area contributed by atoms with Crippen LogP contribution in [-0.4, -0.2) is 33.3 Å². The second-order valence-corrected chi connectivity index (χ2v) is 6.80. The van der Waals surface area contributed by atoms with Crippen molar-refractivity contribution in [2.45, 2.75) is 25.7 Å². The highest BCUT2D eigenvalue weighted by molar-refractivity contribution is 5.74. The number of hydrogen-bond acceptors (Lipinski definition) is 3. The second-order valence-electron chi connectivity index (χ2n) is 6.80. The van der Waals surface area contributed by atoms with Crippen LogP contribution in [0, 0.1) is 0 Å². The van der Waals surface area contributed by atoms with Crippen LogP contribution in [0.25, 0.3) is 0 Å². The molecule has 5 heteroatoms. The van der Waals surface area contributed by atoms with Gasteiger partial charge in [0, 0.05) is 18.5 Å². The molecule has 0 saturated carbocycles. The van der Waals surface area contributed by atoms with Crippen LogP contribution in [0.1, 0.15) is 25.0 Å². The van der Waals surface area contributed by atoms with Crippen LogP contribution < -0.4 is 20.1 Å². The number of carbonyl (C=O) groups is 1. The van der Waals surface area contributed by atoms with Gasteiger partial charge < -0.3 is 20.1 Å². The third-order valence-corrected chi connectivity index (χ3v) is 4.39. The van der Waals surface area contributed by atoms with Crippen molar-refractivity contribution in [3.8, 4) is 11.5 Å². The zero-order valence-corrected chi connectivity index (χ0v) is 16.0. The van der Waals surface area contributed by atoms with E-state index in [9.17, 15) is 4.79 Å². The largest absolute Gasteiger partial charge is 0.493 e. The van der Waals surface area contributed by atoms with Gasteiger partial charge in [0.2, 0.25) is 0 Å². The van der Waals surface area contributed by atoms with Crippen LogP contribution in [0.5, 0.6) is 11.5 Å². The summed E-state index contributed by atoms with van der Waals surface area (Å²) >= 11 is 0. The van der Waals surface area contributed by atoms with E-state index in [0.29, 0.717) is 24.6 Å². The standard InChI is InChI=1S/C21H28N2O3/c1-21(2,17-8-6-5-7-9-17)15-23-20(24)22-13-12-16-10-11-18(25-3)19(14-16)26-4/h5-11,14H,12-13,15H2,1-4H3,(H2,22,23,24). The van der Waals surface area contributed by atoms with Gasteiger partial charge >= 0.3 is 6.03 Å². The molecule has 2 N–H and O–H groups in total. The van der Waals surface area contributed by atoms with Gasteiger partial charge in [0.25, 0.3) is 0 Å². The van der Waals surface area contributed by atoms with Crippen LogP contribution in [0.2, 0.25) is 0 Å². The molecule has 0 spiro atoms. The molecular formula is C21H28N2O3. The van der Waals surface area contributed by atoms with Crippen LogP contribution in [0.15, 0.2) is 48.5 Å². The molecule has 2 aromatic rings. The fourth-order valence-electron chi connectivity index (χ4n) is 2.71. The quantitative estimate of drug-likeness (QED) is 0.761. The highest BCUT2D eigenvalue weighted by atomic mass is 16.5. The molecule has 0 aliphatic carbocycles. The Morgan fingerprint density at radius 1 is 0.962 bits per heavy atom. The lowest BCUT2D eigenvalue weighted by atomic mass is 9.85. The third kappa shape index (κ3) is 5.41. The molecule has 5 nitrogen and oxygen atoms in total. The van der Waals surface area contributed by atoms with Gasteiger partial charge in [-0.05, 0) is 29.7 Å². The Morgan fingerprint density at radius 3 is 2.31 bits per heavy atom. The van der Waals surface area contributed by atoms with E-state index in [1.165, 1.54) is 5.56 Å². The molecule has 0 bridgehead atoms. The lowest BCUT2D eigenvalue weighted by Gasteiger charge is -2.25. The van der Waals surface area contributed by atoms with Crippen molar-refractivity contribution in [2.24, 2.45) is 0 Å². The molecule has 2 amide bonds. The lowest BCUT2D eigenvalue weighted by molar-refractivity contribution is 0.238. The van der Waals surface area contributed by atoms with Crippen molar-refractivity contribution in [2.75, 3.05) is 27.3 Å². The van der Waals surface area contributed by atoms with Crippen molar-refractivity contribution >= 4 is 6.03 Å². The van der Waals surface area contributed by atoms with Crippen LogP contribution in [0.3, 0.4) is 0 Å². The van der Waals surface area contributed by atoms with E-state index < -0.39 is 0 Å². The van der Waals surface area contributed by atoms with E-state index in [4.69, 9.17) is 9.47 Å². The Balaban J connectivity index is 1.79. The fourth-order valence-corrected chi connectivity index (χ4v) is 2.71. The number of benzene rings is 2. The van der Waals surface area contributed by atoms with Gasteiger partial charge in [0.15, 0.2) is 11.5 Å². The molecule has 0 aliphatic heterocycles. The summed E-state index contributed by atoms with van der Waals surface area (Å²) in [5.74, 6) is 1.39. The van der Waals surface area contributed by atoms with Crippen molar-refractivity contribution in [3.63, 3.8) is 0 Å². The summed E-state index contributed by atoms with van der Waals surface area (Å²) in [5.41, 5.74) is 2.15. The zero-order chi connectivity index (χ0) is 19.0. The monoisotopic (exact) mass is 356 g/mol. The van der Waals surface area contributed by atoms with E-state index in [1.807, 2.05) is 36.4 Å². The predicted molar refractivity (Wildman–Crippen MR) is 104 cm³/mol. The highest BCUT2D eigenvalue weighted by Crippen LogP contribution is 2.27. The molecule has 0 radical (unpaired) electrons. The van der Waals surface area contributed by atoms with E-state index in [2.05, 4.69) is 36.6 Å². The Bertz CT molecular complexity index is 714. The summed E-state index contributed by atoms with van der Waals surface area (Å²) in [6.45, 7) is 5.35. The molecule has 140 valence electrons. The van der Waals surface area contributed by atoms with Crippen molar-refractivity contribution < 1.29 is 14.3 Å². The first-order chi connectivity index (χ1) is 12.5. The van der Waals surface area contributed by atoms with Crippen molar-refractivity contribution in [3.05, 3.63) is 59.7 Å². The molecule has 0 heterocycles. The number of ether oxygens (including phenoxy) is 2. The van der Waals surface area contributed by atoms with Gasteiger partial charge in [-0.25, -0.2) is 4.79 Å². The highest BCUT2D eigenvalue weighted by Gasteiger charge is 2.20. The number of carbonyl (C=O) groups excluding carboxylic acids is 1. The Hall–Kier alpha value is -2.69. The van der Waals surface area contributed by atoms with Crippen LogP contribution in [-0.2, 0) is 11.8 Å². The van der Waals surface area contributed by atoms with E-state index in [1.54, 1.807) is 14.2 Å². The molecule has 0 aromatic heterocycles. The molecule has 0 saturated heterocycles. The van der Waals surface area contributed by atoms with Gasteiger partial charge in [0.05, 0.1) is 14.2 Å². The average Bonchev–Trinajstić information content (AvgIpc) is 2.67. The number of methoxy groups -OCH3 is 2. The van der Waals surface area contributed by atoms with Crippen LogP contribution >= 0.6 is 0 Å². The first-order valence-corrected chi connectivity index (χ1v) is 8.74. The minimum absolute atomic E-state index is 0.123. The second kappa shape index (κ2) is 9.13. The van der Waals surface area contributed by atoms with Crippen molar-refractivity contribution in [1.82, 2.24) is 10.6 Å². The molecule has 2 aromatic carbocycles. The smallest absolute Gasteiger partial charge is 0.314 e. The average molecular weight is 356 g/mol. The SMILES string of the molecule is COc1ccc(CCNC(=O)NCC(C)(C)c2ccccc2)cc1OC. The summed E-state index contributed by atoms with van der Waals surface area (Å²) in [5, 5.41) is 5.85. The Labute approximate surface area is 155 Å². The summed E-state index contributed by atoms with van der Waals surface area (Å²) < 4.78 is 10.5. The summed E-state index contributed by atoms with van der Waals surface area (Å²) in [6, 6.07) is 15.8. The zero-order valence-electron chi connectivity index (χ0n) is 16.0. The summed E-state index contributed by atoms with van der Waals surface area (Å²) in [7, 11) is 3.22. The summed E-state index contributed by atoms with van der Waals surface area (Å²) in [6.07, 6.45) is 0.718. The molecule has 2 rings (SSSR count).